The molecule has 1 heterocycles. The van der Waals surface area contributed by atoms with Crippen molar-refractivity contribution < 1.29 is 13.9 Å². The van der Waals surface area contributed by atoms with Crippen molar-refractivity contribution in [2.45, 2.75) is 20.4 Å². The van der Waals surface area contributed by atoms with Crippen LogP contribution in [-0.4, -0.2) is 37.6 Å². The van der Waals surface area contributed by atoms with E-state index < -0.39 is 0 Å². The zero-order valence-corrected chi connectivity index (χ0v) is 14.0. The smallest absolute Gasteiger partial charge is 0.234 e. The predicted molar refractivity (Wildman–Crippen MR) is 89.5 cm³/mol. The highest BCUT2D eigenvalue weighted by atomic mass is 16.5. The van der Waals surface area contributed by atoms with Gasteiger partial charge in [0.15, 0.2) is 0 Å². The van der Waals surface area contributed by atoms with Crippen molar-refractivity contribution in [3.63, 3.8) is 0 Å². The summed E-state index contributed by atoms with van der Waals surface area (Å²) in [6.45, 7) is 5.80. The first kappa shape index (κ1) is 17.1. The molecule has 5 heteroatoms. The lowest BCUT2D eigenvalue weighted by Crippen LogP contribution is -2.36. The normalized spacial score (nSPS) is 10.8. The third-order valence-corrected chi connectivity index (χ3v) is 3.32. The molecule has 2 aromatic rings. The van der Waals surface area contributed by atoms with Gasteiger partial charge < -0.3 is 14.5 Å². The minimum Gasteiger partial charge on any atom is -0.492 e. The second-order valence-electron chi connectivity index (χ2n) is 5.70. The van der Waals surface area contributed by atoms with Gasteiger partial charge in [0.25, 0.3) is 0 Å². The average molecular weight is 316 g/mol. The van der Waals surface area contributed by atoms with E-state index in [-0.39, 0.29) is 5.91 Å². The second kappa shape index (κ2) is 8.39. The summed E-state index contributed by atoms with van der Waals surface area (Å²) in [5, 5.41) is 2.85. The number of hydrogen-bond donors (Lipinski definition) is 1. The maximum Gasteiger partial charge on any atom is 0.234 e. The number of likely N-dealkylation sites (N-methyl/N-ethyl adjacent to an activating group) is 1. The first-order valence-electron chi connectivity index (χ1n) is 7.73. The molecular formula is C18H24N2O3. The van der Waals surface area contributed by atoms with Crippen LogP contribution in [0.1, 0.15) is 17.1 Å². The van der Waals surface area contributed by atoms with Gasteiger partial charge in [0.1, 0.15) is 23.9 Å². The van der Waals surface area contributed by atoms with E-state index in [0.717, 1.165) is 22.8 Å². The Hall–Kier alpha value is -2.27. The van der Waals surface area contributed by atoms with Gasteiger partial charge in [0.2, 0.25) is 5.91 Å². The Morgan fingerprint density at radius 2 is 2.09 bits per heavy atom. The van der Waals surface area contributed by atoms with E-state index in [1.807, 2.05) is 62.2 Å². The Balaban J connectivity index is 1.63. The van der Waals surface area contributed by atoms with Crippen molar-refractivity contribution in [1.29, 1.82) is 0 Å². The van der Waals surface area contributed by atoms with Crippen LogP contribution in [-0.2, 0) is 11.3 Å². The second-order valence-corrected chi connectivity index (χ2v) is 5.70. The van der Waals surface area contributed by atoms with E-state index in [1.165, 1.54) is 0 Å². The zero-order valence-electron chi connectivity index (χ0n) is 14.0. The largest absolute Gasteiger partial charge is 0.492 e. The maximum absolute atomic E-state index is 11.9. The van der Waals surface area contributed by atoms with Gasteiger partial charge in [-0.1, -0.05) is 12.1 Å². The predicted octanol–water partition coefficient (Wildman–Crippen LogP) is 2.52. The molecule has 2 rings (SSSR count). The highest BCUT2D eigenvalue weighted by Crippen LogP contribution is 2.11. The van der Waals surface area contributed by atoms with Gasteiger partial charge in [-0.3, -0.25) is 9.69 Å². The number of carbonyl (C=O) groups excluding carboxylic acids is 1. The van der Waals surface area contributed by atoms with Gasteiger partial charge >= 0.3 is 0 Å². The maximum atomic E-state index is 11.9. The van der Waals surface area contributed by atoms with E-state index in [0.29, 0.717) is 26.2 Å². The lowest BCUT2D eigenvalue weighted by molar-refractivity contribution is -0.122. The van der Waals surface area contributed by atoms with Crippen LogP contribution >= 0.6 is 0 Å². The molecule has 23 heavy (non-hydrogen) atoms. The molecular weight excluding hydrogens is 292 g/mol. The highest BCUT2D eigenvalue weighted by Gasteiger charge is 2.08. The fourth-order valence-corrected chi connectivity index (χ4v) is 2.26. The molecule has 0 unspecified atom stereocenters. The molecule has 0 fully saturated rings. The molecule has 0 radical (unpaired) electrons. The summed E-state index contributed by atoms with van der Waals surface area (Å²) in [4.78, 5) is 13.8. The molecule has 0 saturated heterocycles. The van der Waals surface area contributed by atoms with Crippen LogP contribution in [0.25, 0.3) is 0 Å². The Kier molecular flexibility index (Phi) is 6.23. The monoisotopic (exact) mass is 316 g/mol. The van der Waals surface area contributed by atoms with Crippen LogP contribution in [0.2, 0.25) is 0 Å². The fourth-order valence-electron chi connectivity index (χ4n) is 2.26. The van der Waals surface area contributed by atoms with E-state index in [1.54, 1.807) is 0 Å². The molecule has 0 saturated carbocycles. The van der Waals surface area contributed by atoms with Gasteiger partial charge in [-0.15, -0.1) is 0 Å². The summed E-state index contributed by atoms with van der Waals surface area (Å²) < 4.78 is 11.1. The molecule has 124 valence electrons. The summed E-state index contributed by atoms with van der Waals surface area (Å²) >= 11 is 0. The number of nitrogens with one attached hydrogen (secondary N) is 1. The minimum absolute atomic E-state index is 0.0244. The standard InChI is InChI=1S/C18H24N2O3/c1-14-5-4-6-16(11-14)22-10-9-19-18(21)13-20(3)12-17-8-7-15(2)23-17/h4-8,11H,9-10,12-13H2,1-3H3,(H,19,21). The Morgan fingerprint density at radius 1 is 1.26 bits per heavy atom. The summed E-state index contributed by atoms with van der Waals surface area (Å²) in [6.07, 6.45) is 0. The fraction of sp³-hybridized carbons (Fsp3) is 0.389. The first-order chi connectivity index (χ1) is 11.0. The quantitative estimate of drug-likeness (QED) is 0.760. The van der Waals surface area contributed by atoms with Gasteiger partial charge in [-0.05, 0) is 50.7 Å². The van der Waals surface area contributed by atoms with Gasteiger partial charge in [-0.2, -0.15) is 0 Å². The van der Waals surface area contributed by atoms with E-state index in [9.17, 15) is 4.79 Å². The SMILES string of the molecule is Cc1cccc(OCCNC(=O)CN(C)Cc2ccc(C)o2)c1. The third-order valence-electron chi connectivity index (χ3n) is 3.32. The van der Waals surface area contributed by atoms with Gasteiger partial charge in [-0.25, -0.2) is 0 Å². The summed E-state index contributed by atoms with van der Waals surface area (Å²) in [7, 11) is 1.89. The van der Waals surface area contributed by atoms with Crippen LogP contribution < -0.4 is 10.1 Å². The van der Waals surface area contributed by atoms with Crippen molar-refractivity contribution in [2.24, 2.45) is 0 Å². The van der Waals surface area contributed by atoms with E-state index in [2.05, 4.69) is 5.32 Å². The number of rotatable bonds is 8. The Bertz CT molecular complexity index is 637. The lowest BCUT2D eigenvalue weighted by Gasteiger charge is -2.15. The molecule has 1 aromatic heterocycles. The minimum atomic E-state index is -0.0244. The molecule has 0 atom stereocenters. The van der Waals surface area contributed by atoms with Crippen LogP contribution in [0.15, 0.2) is 40.8 Å². The number of aryl methyl sites for hydroxylation is 2. The molecule has 5 nitrogen and oxygen atoms in total. The lowest BCUT2D eigenvalue weighted by atomic mass is 10.2. The summed E-state index contributed by atoms with van der Waals surface area (Å²) in [5.41, 5.74) is 1.15. The molecule has 0 bridgehead atoms. The summed E-state index contributed by atoms with van der Waals surface area (Å²) in [6, 6.07) is 11.7. The van der Waals surface area contributed by atoms with Crippen LogP contribution in [0.5, 0.6) is 5.75 Å². The number of carbonyl (C=O) groups is 1. The number of amides is 1. The molecule has 0 aliphatic rings. The molecule has 0 aliphatic carbocycles. The highest BCUT2D eigenvalue weighted by molar-refractivity contribution is 5.77. The molecule has 1 aromatic carbocycles. The van der Waals surface area contributed by atoms with Crippen LogP contribution in [0.4, 0.5) is 0 Å². The first-order valence-corrected chi connectivity index (χ1v) is 7.73. The average Bonchev–Trinajstić information content (AvgIpc) is 2.88. The van der Waals surface area contributed by atoms with Gasteiger partial charge in [0.05, 0.1) is 19.6 Å². The van der Waals surface area contributed by atoms with Crippen molar-refractivity contribution in [2.75, 3.05) is 26.7 Å². The van der Waals surface area contributed by atoms with Crippen molar-refractivity contribution >= 4 is 5.91 Å². The van der Waals surface area contributed by atoms with Gasteiger partial charge in [0, 0.05) is 0 Å². The van der Waals surface area contributed by atoms with Crippen molar-refractivity contribution in [3.05, 3.63) is 53.5 Å². The van der Waals surface area contributed by atoms with Crippen molar-refractivity contribution in [3.8, 4) is 5.75 Å². The van der Waals surface area contributed by atoms with E-state index in [4.69, 9.17) is 9.15 Å². The summed E-state index contributed by atoms with van der Waals surface area (Å²) in [5.74, 6) is 2.54. The number of furan rings is 1. The number of ether oxygens (including phenoxy) is 1. The molecule has 0 aliphatic heterocycles. The Labute approximate surface area is 137 Å². The zero-order chi connectivity index (χ0) is 16.7. The number of hydrogen-bond acceptors (Lipinski definition) is 4. The topological polar surface area (TPSA) is 54.7 Å². The van der Waals surface area contributed by atoms with Crippen molar-refractivity contribution in [1.82, 2.24) is 10.2 Å². The molecule has 0 spiro atoms. The van der Waals surface area contributed by atoms with Crippen LogP contribution in [0, 0.1) is 13.8 Å². The third kappa shape index (κ3) is 6.16. The number of nitrogens with zero attached hydrogens (tertiary/aromatic N) is 1. The molecule has 1 amide bonds. The number of benzene rings is 1. The van der Waals surface area contributed by atoms with E-state index >= 15 is 0 Å². The molecule has 1 N–H and O–H groups in total. The Morgan fingerprint density at radius 3 is 2.78 bits per heavy atom. The van der Waals surface area contributed by atoms with Crippen LogP contribution in [0.3, 0.4) is 0 Å².